The molecular weight excluding hydrogens is 250 g/mol. The number of hydrogen-bond donors (Lipinski definition) is 1. The van der Waals surface area contributed by atoms with E-state index in [1.807, 2.05) is 37.1 Å². The lowest BCUT2D eigenvalue weighted by Gasteiger charge is -2.28. The van der Waals surface area contributed by atoms with Crippen LogP contribution in [0.5, 0.6) is 0 Å². The lowest BCUT2D eigenvalue weighted by atomic mass is 9.91. The van der Waals surface area contributed by atoms with Crippen LogP contribution >= 0.6 is 0 Å². The molecule has 2 heterocycles. The maximum Gasteiger partial charge on any atom is 0.234 e. The number of aromatic nitrogens is 1. The van der Waals surface area contributed by atoms with E-state index in [-0.39, 0.29) is 16.7 Å². The molecule has 2 rings (SSSR count). The first-order valence-electron chi connectivity index (χ1n) is 7.21. The van der Waals surface area contributed by atoms with Gasteiger partial charge < -0.3 is 10.2 Å². The van der Waals surface area contributed by atoms with E-state index >= 15 is 0 Å². The summed E-state index contributed by atoms with van der Waals surface area (Å²) in [6.45, 7) is 12.6. The summed E-state index contributed by atoms with van der Waals surface area (Å²) in [5.74, 6) is 0.160. The molecule has 0 spiro atoms. The maximum atomic E-state index is 12.6. The van der Waals surface area contributed by atoms with Gasteiger partial charge in [-0.1, -0.05) is 20.8 Å². The molecule has 0 aromatic carbocycles. The third-order valence-corrected chi connectivity index (χ3v) is 3.73. The number of anilines is 1. The molecule has 1 fully saturated rings. The zero-order chi connectivity index (χ0) is 15.0. The first kappa shape index (κ1) is 15.0. The highest BCUT2D eigenvalue weighted by Crippen LogP contribution is 2.26. The van der Waals surface area contributed by atoms with Crippen molar-refractivity contribution in [1.29, 1.82) is 0 Å². The summed E-state index contributed by atoms with van der Waals surface area (Å²) in [6.07, 6.45) is 1.82. The van der Waals surface area contributed by atoms with Gasteiger partial charge in [0.05, 0.1) is 17.3 Å². The highest BCUT2D eigenvalue weighted by atomic mass is 16.2. The van der Waals surface area contributed by atoms with Crippen LogP contribution in [0.15, 0.2) is 18.3 Å². The highest BCUT2D eigenvalue weighted by Gasteiger charge is 2.34. The average molecular weight is 275 g/mol. The fourth-order valence-electron chi connectivity index (χ4n) is 2.37. The van der Waals surface area contributed by atoms with Crippen molar-refractivity contribution in [2.75, 3.05) is 24.5 Å². The first-order chi connectivity index (χ1) is 9.22. The molecule has 1 aliphatic rings. The van der Waals surface area contributed by atoms with Gasteiger partial charge in [0, 0.05) is 30.7 Å². The summed E-state index contributed by atoms with van der Waals surface area (Å²) in [6, 6.07) is 4.03. The highest BCUT2D eigenvalue weighted by molar-refractivity contribution is 5.97. The maximum absolute atomic E-state index is 12.6. The van der Waals surface area contributed by atoms with Crippen LogP contribution in [-0.4, -0.2) is 30.5 Å². The van der Waals surface area contributed by atoms with Crippen LogP contribution in [0, 0.1) is 5.41 Å². The normalized spacial score (nSPS) is 19.9. The first-order valence-corrected chi connectivity index (χ1v) is 7.21. The van der Waals surface area contributed by atoms with E-state index in [0.717, 1.165) is 24.5 Å². The summed E-state index contributed by atoms with van der Waals surface area (Å²) < 4.78 is 0. The number of pyridine rings is 1. The molecule has 1 aromatic heterocycles. The van der Waals surface area contributed by atoms with Gasteiger partial charge in [0.1, 0.15) is 0 Å². The van der Waals surface area contributed by atoms with Gasteiger partial charge in [0.2, 0.25) is 5.91 Å². The molecule has 0 bridgehead atoms. The second kappa shape index (κ2) is 5.17. The van der Waals surface area contributed by atoms with Crippen LogP contribution in [0.4, 0.5) is 5.69 Å². The van der Waals surface area contributed by atoms with Gasteiger partial charge >= 0.3 is 0 Å². The number of nitrogens with one attached hydrogen (secondary N) is 1. The predicted molar refractivity (Wildman–Crippen MR) is 81.9 cm³/mol. The van der Waals surface area contributed by atoms with Crippen LogP contribution in [0.3, 0.4) is 0 Å². The summed E-state index contributed by atoms with van der Waals surface area (Å²) in [7, 11) is 0. The molecule has 1 N–H and O–H groups in total. The van der Waals surface area contributed by atoms with Crippen molar-refractivity contribution < 1.29 is 4.79 Å². The Labute approximate surface area is 121 Å². The Balaban J connectivity index is 2.28. The van der Waals surface area contributed by atoms with E-state index in [2.05, 4.69) is 31.1 Å². The average Bonchev–Trinajstić information content (AvgIpc) is 2.49. The minimum Gasteiger partial charge on any atom is -0.314 e. The number of carbonyl (C=O) groups is 1. The summed E-state index contributed by atoms with van der Waals surface area (Å²) in [4.78, 5) is 19.0. The number of hydrogen-bond acceptors (Lipinski definition) is 3. The Morgan fingerprint density at radius 1 is 1.30 bits per heavy atom. The monoisotopic (exact) mass is 275 g/mol. The smallest absolute Gasteiger partial charge is 0.234 e. The van der Waals surface area contributed by atoms with E-state index in [4.69, 9.17) is 0 Å². The van der Waals surface area contributed by atoms with Crippen molar-refractivity contribution in [3.8, 4) is 0 Å². The molecule has 110 valence electrons. The fourth-order valence-corrected chi connectivity index (χ4v) is 2.37. The molecule has 0 unspecified atom stereocenters. The van der Waals surface area contributed by atoms with E-state index in [1.165, 1.54) is 0 Å². The standard InChI is InChI=1S/C16H25N3O/c1-15(2,3)13-7-6-12(10-18-13)19-9-8-17-11-16(4,5)14(19)20/h6-7,10,17H,8-9,11H2,1-5H3. The minimum atomic E-state index is -0.376. The number of nitrogens with zero attached hydrogens (tertiary/aromatic N) is 2. The van der Waals surface area contributed by atoms with Crippen LogP contribution in [0.1, 0.15) is 40.3 Å². The van der Waals surface area contributed by atoms with Gasteiger partial charge in [0.15, 0.2) is 0 Å². The Kier molecular flexibility index (Phi) is 3.87. The molecule has 1 aromatic rings. The topological polar surface area (TPSA) is 45.2 Å². The minimum absolute atomic E-state index is 0.0299. The van der Waals surface area contributed by atoms with Crippen LogP contribution in [-0.2, 0) is 10.2 Å². The third-order valence-electron chi connectivity index (χ3n) is 3.73. The van der Waals surface area contributed by atoms with Gasteiger partial charge in [0.25, 0.3) is 0 Å². The predicted octanol–water partition coefficient (Wildman–Crippen LogP) is 2.34. The van der Waals surface area contributed by atoms with E-state index in [0.29, 0.717) is 6.54 Å². The Bertz CT molecular complexity index is 485. The van der Waals surface area contributed by atoms with Gasteiger partial charge in [-0.15, -0.1) is 0 Å². The second-order valence-electron chi connectivity index (χ2n) is 7.17. The molecule has 20 heavy (non-hydrogen) atoms. The van der Waals surface area contributed by atoms with Gasteiger partial charge in [-0.2, -0.15) is 0 Å². The van der Waals surface area contributed by atoms with Crippen molar-refractivity contribution in [3.63, 3.8) is 0 Å². The van der Waals surface area contributed by atoms with Crippen LogP contribution in [0.25, 0.3) is 0 Å². The zero-order valence-electron chi connectivity index (χ0n) is 13.2. The van der Waals surface area contributed by atoms with Crippen LogP contribution < -0.4 is 10.2 Å². The SMILES string of the molecule is CC1(C)CNCCN(c2ccc(C(C)(C)C)nc2)C1=O. The van der Waals surface area contributed by atoms with Crippen molar-refractivity contribution in [3.05, 3.63) is 24.0 Å². The van der Waals surface area contributed by atoms with Gasteiger partial charge in [-0.05, 0) is 26.0 Å². The molecule has 1 amide bonds. The van der Waals surface area contributed by atoms with Crippen molar-refractivity contribution in [1.82, 2.24) is 10.3 Å². The Morgan fingerprint density at radius 3 is 2.55 bits per heavy atom. The Morgan fingerprint density at radius 2 is 2.00 bits per heavy atom. The van der Waals surface area contributed by atoms with Crippen molar-refractivity contribution in [2.24, 2.45) is 5.41 Å². The molecule has 0 aliphatic carbocycles. The number of amides is 1. The number of rotatable bonds is 1. The van der Waals surface area contributed by atoms with E-state index in [1.54, 1.807) is 0 Å². The largest absolute Gasteiger partial charge is 0.314 e. The summed E-state index contributed by atoms with van der Waals surface area (Å²) in [5, 5.41) is 3.32. The fraction of sp³-hybridized carbons (Fsp3) is 0.625. The number of carbonyl (C=O) groups excluding carboxylic acids is 1. The summed E-state index contributed by atoms with van der Waals surface area (Å²) in [5.41, 5.74) is 1.59. The molecular formula is C16H25N3O. The molecule has 1 saturated heterocycles. The molecule has 0 radical (unpaired) electrons. The second-order valence-corrected chi connectivity index (χ2v) is 7.17. The zero-order valence-corrected chi connectivity index (χ0v) is 13.2. The van der Waals surface area contributed by atoms with E-state index in [9.17, 15) is 4.79 Å². The molecule has 1 aliphatic heterocycles. The Hall–Kier alpha value is -1.42. The third kappa shape index (κ3) is 3.01. The van der Waals surface area contributed by atoms with Gasteiger partial charge in [-0.25, -0.2) is 0 Å². The lowest BCUT2D eigenvalue weighted by molar-refractivity contribution is -0.125. The molecule has 4 heteroatoms. The molecule has 4 nitrogen and oxygen atoms in total. The molecule has 0 atom stereocenters. The van der Waals surface area contributed by atoms with Crippen molar-refractivity contribution in [2.45, 2.75) is 40.0 Å². The quantitative estimate of drug-likeness (QED) is 0.855. The molecule has 0 saturated carbocycles. The summed E-state index contributed by atoms with van der Waals surface area (Å²) >= 11 is 0. The van der Waals surface area contributed by atoms with Gasteiger partial charge in [-0.3, -0.25) is 9.78 Å². The van der Waals surface area contributed by atoms with Crippen LogP contribution in [0.2, 0.25) is 0 Å². The van der Waals surface area contributed by atoms with Crippen molar-refractivity contribution >= 4 is 11.6 Å². The lowest BCUT2D eigenvalue weighted by Crippen LogP contribution is -2.42. The van der Waals surface area contributed by atoms with E-state index < -0.39 is 0 Å².